The fourth-order valence-electron chi connectivity index (χ4n) is 1.35. The summed E-state index contributed by atoms with van der Waals surface area (Å²) in [6.45, 7) is 4.38. The Kier molecular flexibility index (Phi) is 8.32. The molecule has 0 fully saturated rings. The highest BCUT2D eigenvalue weighted by Gasteiger charge is 2.31. The van der Waals surface area contributed by atoms with E-state index in [1.54, 1.807) is 0 Å². The van der Waals surface area contributed by atoms with Crippen molar-refractivity contribution in [1.29, 1.82) is 0 Å². The zero-order valence-electron chi connectivity index (χ0n) is 10.8. The molecule has 0 radical (unpaired) electrons. The summed E-state index contributed by atoms with van der Waals surface area (Å²) in [4.78, 5) is 21.4. The molecule has 0 spiro atoms. The molecular weight excluding hydrogens is 240 g/mol. The minimum atomic E-state index is -2.14. The number of carbonyl (C=O) groups excluding carboxylic acids is 1. The van der Waals surface area contributed by atoms with Gasteiger partial charge in [-0.2, -0.15) is 0 Å². The summed E-state index contributed by atoms with van der Waals surface area (Å²) in [5.74, 6) is -2.12. The van der Waals surface area contributed by atoms with Gasteiger partial charge in [-0.15, -0.1) is 0 Å². The van der Waals surface area contributed by atoms with Gasteiger partial charge in [0.25, 0.3) is 0 Å². The van der Waals surface area contributed by atoms with E-state index >= 15 is 0 Å². The molecule has 2 unspecified atom stereocenters. The Hall–Kier alpha value is -1.14. The molecule has 0 aliphatic heterocycles. The summed E-state index contributed by atoms with van der Waals surface area (Å²) in [6.07, 6.45) is -0.460. The van der Waals surface area contributed by atoms with Crippen LogP contribution in [-0.4, -0.2) is 46.1 Å². The van der Waals surface area contributed by atoms with Gasteiger partial charge < -0.3 is 20.1 Å². The molecule has 0 aromatic rings. The molecule has 18 heavy (non-hydrogen) atoms. The van der Waals surface area contributed by atoms with Gasteiger partial charge in [-0.1, -0.05) is 33.1 Å². The minimum absolute atomic E-state index is 0.125. The average Bonchev–Trinajstić information content (AvgIpc) is 2.30. The molecule has 106 valence electrons. The highest BCUT2D eigenvalue weighted by atomic mass is 16.5. The Morgan fingerprint density at radius 1 is 1.06 bits per heavy atom. The summed E-state index contributed by atoms with van der Waals surface area (Å²) in [7, 11) is 0. The lowest BCUT2D eigenvalue weighted by Crippen LogP contribution is -2.40. The number of hydrogen-bond acceptors (Lipinski definition) is 5. The van der Waals surface area contributed by atoms with Gasteiger partial charge in [0.15, 0.2) is 12.2 Å². The normalized spacial score (nSPS) is 14.3. The van der Waals surface area contributed by atoms with Crippen LogP contribution in [-0.2, 0) is 14.3 Å². The van der Waals surface area contributed by atoms with Crippen LogP contribution in [0.4, 0.5) is 0 Å². The maximum absolute atomic E-state index is 11.1. The smallest absolute Gasteiger partial charge is 0.338 e. The van der Waals surface area contributed by atoms with Crippen molar-refractivity contribution in [3.05, 3.63) is 0 Å². The van der Waals surface area contributed by atoms with E-state index < -0.39 is 24.1 Å². The van der Waals surface area contributed by atoms with E-state index in [0.29, 0.717) is 12.3 Å². The molecule has 0 rings (SSSR count). The van der Waals surface area contributed by atoms with Crippen LogP contribution in [0.1, 0.15) is 39.5 Å². The number of ether oxygens (including phenoxy) is 1. The molecule has 0 bridgehead atoms. The predicted octanol–water partition coefficient (Wildman–Crippen LogP) is 0.552. The third kappa shape index (κ3) is 7.24. The quantitative estimate of drug-likeness (QED) is 0.414. The SMILES string of the molecule is CC(C)CCCCCOC(=O)C(O)C(O)C(=O)O. The van der Waals surface area contributed by atoms with Gasteiger partial charge in [-0.3, -0.25) is 0 Å². The van der Waals surface area contributed by atoms with Gasteiger partial charge in [-0.25, -0.2) is 9.59 Å². The Balaban J connectivity index is 3.67. The monoisotopic (exact) mass is 262 g/mol. The largest absolute Gasteiger partial charge is 0.479 e. The first-order valence-corrected chi connectivity index (χ1v) is 6.11. The first-order valence-electron chi connectivity index (χ1n) is 6.11. The standard InChI is InChI=1S/C12H22O6/c1-8(2)6-4-3-5-7-18-12(17)10(14)9(13)11(15)16/h8-10,13-14H,3-7H2,1-2H3,(H,15,16). The number of rotatable bonds is 9. The van der Waals surface area contributed by atoms with Gasteiger partial charge in [0.05, 0.1) is 6.61 Å². The minimum Gasteiger partial charge on any atom is -0.479 e. The number of carboxylic acids is 1. The molecule has 0 amide bonds. The molecular formula is C12H22O6. The van der Waals surface area contributed by atoms with Crippen molar-refractivity contribution >= 4 is 11.9 Å². The number of hydrogen-bond donors (Lipinski definition) is 3. The van der Waals surface area contributed by atoms with E-state index in [-0.39, 0.29) is 6.61 Å². The molecule has 0 aliphatic carbocycles. The fraction of sp³-hybridized carbons (Fsp3) is 0.833. The summed E-state index contributed by atoms with van der Waals surface area (Å²) in [6, 6.07) is 0. The van der Waals surface area contributed by atoms with Crippen molar-refractivity contribution < 1.29 is 29.6 Å². The van der Waals surface area contributed by atoms with Crippen molar-refractivity contribution in [2.45, 2.75) is 51.7 Å². The number of carbonyl (C=O) groups is 2. The zero-order chi connectivity index (χ0) is 14.1. The Bertz CT molecular complexity index is 263. The van der Waals surface area contributed by atoms with E-state index in [4.69, 9.17) is 15.3 Å². The molecule has 0 saturated carbocycles. The number of unbranched alkanes of at least 4 members (excludes halogenated alkanes) is 2. The summed E-state index contributed by atoms with van der Waals surface area (Å²) in [5.41, 5.74) is 0. The second-order valence-electron chi connectivity index (χ2n) is 4.64. The molecule has 6 heteroatoms. The lowest BCUT2D eigenvalue weighted by Gasteiger charge is -2.13. The number of aliphatic hydroxyl groups is 2. The maximum Gasteiger partial charge on any atom is 0.338 e. The van der Waals surface area contributed by atoms with Crippen LogP contribution in [0, 0.1) is 5.92 Å². The van der Waals surface area contributed by atoms with Gasteiger partial charge >= 0.3 is 11.9 Å². The van der Waals surface area contributed by atoms with Crippen LogP contribution in [0.2, 0.25) is 0 Å². The third-order valence-electron chi connectivity index (χ3n) is 2.46. The molecule has 0 aliphatic rings. The van der Waals surface area contributed by atoms with Crippen LogP contribution in [0.5, 0.6) is 0 Å². The average molecular weight is 262 g/mol. The van der Waals surface area contributed by atoms with Gasteiger partial charge in [0.2, 0.25) is 0 Å². The van der Waals surface area contributed by atoms with Crippen LogP contribution in [0.3, 0.4) is 0 Å². The first-order chi connectivity index (χ1) is 8.36. The third-order valence-corrected chi connectivity index (χ3v) is 2.46. The topological polar surface area (TPSA) is 104 Å². The van der Waals surface area contributed by atoms with Crippen LogP contribution < -0.4 is 0 Å². The van der Waals surface area contributed by atoms with Crippen LogP contribution >= 0.6 is 0 Å². The summed E-state index contributed by atoms with van der Waals surface area (Å²) in [5, 5.41) is 26.4. The maximum atomic E-state index is 11.1. The van der Waals surface area contributed by atoms with Crippen LogP contribution in [0.15, 0.2) is 0 Å². The number of aliphatic carboxylic acids is 1. The predicted molar refractivity (Wildman–Crippen MR) is 63.9 cm³/mol. The number of carboxylic acid groups (broad SMARTS) is 1. The van der Waals surface area contributed by atoms with Gasteiger partial charge in [-0.05, 0) is 12.3 Å². The Morgan fingerprint density at radius 2 is 1.67 bits per heavy atom. The fourth-order valence-corrected chi connectivity index (χ4v) is 1.35. The molecule has 2 atom stereocenters. The van der Waals surface area contributed by atoms with Crippen molar-refractivity contribution in [1.82, 2.24) is 0 Å². The van der Waals surface area contributed by atoms with Gasteiger partial charge in [0.1, 0.15) is 0 Å². The van der Waals surface area contributed by atoms with E-state index in [2.05, 4.69) is 18.6 Å². The van der Waals surface area contributed by atoms with Crippen molar-refractivity contribution in [3.8, 4) is 0 Å². The molecule has 6 nitrogen and oxygen atoms in total. The first kappa shape index (κ1) is 16.9. The second kappa shape index (κ2) is 8.88. The molecule has 0 heterocycles. The Labute approximate surface area is 107 Å². The van der Waals surface area contributed by atoms with Gasteiger partial charge in [0, 0.05) is 0 Å². The summed E-state index contributed by atoms with van der Waals surface area (Å²) < 4.78 is 4.67. The van der Waals surface area contributed by atoms with E-state index in [9.17, 15) is 9.59 Å². The lowest BCUT2D eigenvalue weighted by atomic mass is 10.1. The van der Waals surface area contributed by atoms with E-state index in [1.807, 2.05) is 0 Å². The molecule has 0 aromatic heterocycles. The van der Waals surface area contributed by atoms with E-state index in [0.717, 1.165) is 19.3 Å². The second-order valence-corrected chi connectivity index (χ2v) is 4.64. The number of aliphatic hydroxyl groups excluding tert-OH is 2. The molecule has 3 N–H and O–H groups in total. The van der Waals surface area contributed by atoms with Crippen LogP contribution in [0.25, 0.3) is 0 Å². The molecule has 0 aromatic carbocycles. The molecule has 0 saturated heterocycles. The highest BCUT2D eigenvalue weighted by Crippen LogP contribution is 2.08. The zero-order valence-corrected chi connectivity index (χ0v) is 10.8. The summed E-state index contributed by atoms with van der Waals surface area (Å²) >= 11 is 0. The lowest BCUT2D eigenvalue weighted by molar-refractivity contribution is -0.169. The van der Waals surface area contributed by atoms with Crippen molar-refractivity contribution in [3.63, 3.8) is 0 Å². The highest BCUT2D eigenvalue weighted by molar-refractivity contribution is 5.84. The number of esters is 1. The van der Waals surface area contributed by atoms with Crippen molar-refractivity contribution in [2.24, 2.45) is 5.92 Å². The Morgan fingerprint density at radius 3 is 2.17 bits per heavy atom. The van der Waals surface area contributed by atoms with E-state index in [1.165, 1.54) is 0 Å². The van der Waals surface area contributed by atoms with Crippen molar-refractivity contribution in [2.75, 3.05) is 6.61 Å².